The molecule has 1 atom stereocenters. The molecule has 1 fully saturated rings. The number of pyridine rings is 2. The van der Waals surface area contributed by atoms with Crippen LogP contribution in [0.15, 0.2) is 47.7 Å². The maximum atomic E-state index is 15.3. The summed E-state index contributed by atoms with van der Waals surface area (Å²) in [6.45, 7) is 3.34. The molecule has 2 aromatic heterocycles. The Morgan fingerprint density at radius 2 is 1.94 bits per heavy atom. The number of fused-ring (bicyclic) bond motifs is 2. The van der Waals surface area contributed by atoms with Crippen molar-refractivity contribution in [3.63, 3.8) is 0 Å². The Morgan fingerprint density at radius 3 is 2.63 bits per heavy atom. The van der Waals surface area contributed by atoms with E-state index >= 15 is 13.2 Å². The summed E-state index contributed by atoms with van der Waals surface area (Å²) in [7, 11) is 0. The zero-order valence-corrected chi connectivity index (χ0v) is 20.2. The minimum atomic E-state index is -4.50. The van der Waals surface area contributed by atoms with Crippen molar-refractivity contribution in [3.05, 3.63) is 63.7 Å². The van der Waals surface area contributed by atoms with E-state index in [1.807, 2.05) is 19.9 Å². The van der Waals surface area contributed by atoms with Crippen LogP contribution in [0.4, 0.5) is 13.2 Å². The predicted molar refractivity (Wildman–Crippen MR) is 127 cm³/mol. The second kappa shape index (κ2) is 8.43. The summed E-state index contributed by atoms with van der Waals surface area (Å²) < 4.78 is 58.4. The summed E-state index contributed by atoms with van der Waals surface area (Å²) >= 11 is 6.18. The first-order valence-corrected chi connectivity index (χ1v) is 12.0. The van der Waals surface area contributed by atoms with Gasteiger partial charge in [-0.15, -0.1) is 0 Å². The van der Waals surface area contributed by atoms with Crippen molar-refractivity contribution in [2.45, 2.75) is 57.7 Å². The minimum Gasteiger partial charge on any atom is -0.454 e. The third-order valence-corrected chi connectivity index (χ3v) is 7.89. The summed E-state index contributed by atoms with van der Waals surface area (Å²) in [5.74, 6) is 0.499. The number of ether oxygens (including phenoxy) is 2. The van der Waals surface area contributed by atoms with Crippen molar-refractivity contribution >= 4 is 22.5 Å². The number of halogens is 4. The second-order valence-electron chi connectivity index (χ2n) is 10.2. The Hall–Kier alpha value is -2.74. The zero-order valence-electron chi connectivity index (χ0n) is 19.5. The molecule has 5 nitrogen and oxygen atoms in total. The Balaban J connectivity index is 1.65. The van der Waals surface area contributed by atoms with Gasteiger partial charge in [-0.3, -0.25) is 9.78 Å². The Kier molecular flexibility index (Phi) is 5.78. The van der Waals surface area contributed by atoms with Crippen LogP contribution in [0.1, 0.15) is 45.1 Å². The van der Waals surface area contributed by atoms with Crippen LogP contribution in [0.25, 0.3) is 10.9 Å². The van der Waals surface area contributed by atoms with Crippen LogP contribution >= 0.6 is 11.6 Å². The van der Waals surface area contributed by atoms with Crippen molar-refractivity contribution in [1.29, 1.82) is 0 Å². The summed E-state index contributed by atoms with van der Waals surface area (Å²) in [6.07, 6.45) is 1.24. The Morgan fingerprint density at radius 1 is 1.17 bits per heavy atom. The van der Waals surface area contributed by atoms with Crippen molar-refractivity contribution in [2.75, 3.05) is 6.79 Å². The molecule has 1 aliphatic carbocycles. The van der Waals surface area contributed by atoms with Gasteiger partial charge in [0.05, 0.1) is 16.3 Å². The molecule has 2 aliphatic rings. The smallest absolute Gasteiger partial charge is 0.396 e. The fourth-order valence-corrected chi connectivity index (χ4v) is 5.92. The molecule has 3 heterocycles. The first-order valence-electron chi connectivity index (χ1n) is 11.6. The van der Waals surface area contributed by atoms with Gasteiger partial charge < -0.3 is 14.0 Å². The van der Waals surface area contributed by atoms with Crippen LogP contribution in [-0.2, 0) is 12.0 Å². The maximum absolute atomic E-state index is 15.3. The molecule has 1 unspecified atom stereocenters. The van der Waals surface area contributed by atoms with E-state index in [-0.39, 0.29) is 30.2 Å². The zero-order chi connectivity index (χ0) is 25.0. The molecule has 1 aliphatic heterocycles. The average molecular weight is 507 g/mol. The van der Waals surface area contributed by atoms with Gasteiger partial charge in [-0.25, -0.2) is 0 Å². The molecular weight excluding hydrogens is 481 g/mol. The van der Waals surface area contributed by atoms with Crippen molar-refractivity contribution in [3.8, 4) is 11.5 Å². The van der Waals surface area contributed by atoms with Crippen LogP contribution in [0.3, 0.4) is 0 Å². The average Bonchev–Trinajstić information content (AvgIpc) is 3.24. The molecule has 0 saturated heterocycles. The SMILES string of the molecule is CC(C)(CC(Cn1cc(Cl)c(=O)c2cnccc21)(C1CCC1)C(F)(F)F)c1cccc2c1OCO2. The van der Waals surface area contributed by atoms with E-state index in [2.05, 4.69) is 4.98 Å². The molecule has 35 heavy (non-hydrogen) atoms. The van der Waals surface area contributed by atoms with Gasteiger partial charge in [-0.1, -0.05) is 44.0 Å². The highest BCUT2D eigenvalue weighted by molar-refractivity contribution is 6.31. The van der Waals surface area contributed by atoms with E-state index in [0.29, 0.717) is 35.4 Å². The Bertz CT molecular complexity index is 1330. The standard InChI is InChI=1S/C26H26ClF3N2O3/c1-24(2,18-7-4-8-21-23(18)35-15-34-21)13-25(26(28,29)30,16-5-3-6-16)14-32-12-19(27)22(33)17-11-31-10-9-20(17)32/h4,7-12,16H,3,5-6,13-15H2,1-2H3. The van der Waals surface area contributed by atoms with Gasteiger partial charge in [-0.2, -0.15) is 13.2 Å². The van der Waals surface area contributed by atoms with Crippen molar-refractivity contribution in [1.82, 2.24) is 9.55 Å². The fourth-order valence-electron chi connectivity index (χ4n) is 5.70. The minimum absolute atomic E-state index is 0.0470. The number of alkyl halides is 3. The molecule has 0 amide bonds. The van der Waals surface area contributed by atoms with Crippen LogP contribution in [-0.4, -0.2) is 22.5 Å². The first-order chi connectivity index (χ1) is 16.5. The van der Waals surface area contributed by atoms with E-state index in [9.17, 15) is 4.79 Å². The third-order valence-electron chi connectivity index (χ3n) is 7.63. The molecule has 0 radical (unpaired) electrons. The lowest BCUT2D eigenvalue weighted by Gasteiger charge is -2.50. The van der Waals surface area contributed by atoms with Gasteiger partial charge >= 0.3 is 6.18 Å². The van der Waals surface area contributed by atoms with Crippen LogP contribution in [0.5, 0.6) is 11.5 Å². The molecule has 3 aromatic rings. The number of hydrogen-bond donors (Lipinski definition) is 0. The molecule has 1 saturated carbocycles. The third kappa shape index (κ3) is 3.96. The van der Waals surface area contributed by atoms with Gasteiger partial charge in [0, 0.05) is 30.7 Å². The van der Waals surface area contributed by atoms with Gasteiger partial charge in [0.25, 0.3) is 0 Å². The van der Waals surface area contributed by atoms with E-state index in [1.54, 1.807) is 18.2 Å². The van der Waals surface area contributed by atoms with Crippen LogP contribution in [0, 0.1) is 11.3 Å². The summed E-state index contributed by atoms with van der Waals surface area (Å²) in [5.41, 5.74) is -2.30. The summed E-state index contributed by atoms with van der Waals surface area (Å²) in [5, 5.41) is 0.0799. The molecule has 9 heteroatoms. The van der Waals surface area contributed by atoms with Gasteiger partial charge in [-0.05, 0) is 42.7 Å². The van der Waals surface area contributed by atoms with Crippen molar-refractivity contribution < 1.29 is 22.6 Å². The van der Waals surface area contributed by atoms with E-state index < -0.39 is 28.4 Å². The number of hydrogen-bond acceptors (Lipinski definition) is 4. The maximum Gasteiger partial charge on any atom is 0.396 e. The second-order valence-corrected chi connectivity index (χ2v) is 10.6. The van der Waals surface area contributed by atoms with Crippen molar-refractivity contribution in [2.24, 2.45) is 11.3 Å². The van der Waals surface area contributed by atoms with Gasteiger partial charge in [0.1, 0.15) is 5.02 Å². The Labute approximate surface area is 205 Å². The lowest BCUT2D eigenvalue weighted by atomic mass is 9.57. The van der Waals surface area contributed by atoms with E-state index in [4.69, 9.17) is 21.1 Å². The highest BCUT2D eigenvalue weighted by Gasteiger charge is 2.62. The molecular formula is C26H26ClF3N2O3. The molecule has 1 aromatic carbocycles. The number of benzene rings is 1. The molecule has 0 bridgehead atoms. The number of para-hydroxylation sites is 1. The lowest BCUT2D eigenvalue weighted by molar-refractivity contribution is -0.264. The summed E-state index contributed by atoms with van der Waals surface area (Å²) in [6, 6.07) is 6.92. The van der Waals surface area contributed by atoms with Crippen LogP contribution in [0.2, 0.25) is 5.02 Å². The summed E-state index contributed by atoms with van der Waals surface area (Å²) in [4.78, 5) is 16.5. The highest BCUT2D eigenvalue weighted by Crippen LogP contribution is 2.59. The highest BCUT2D eigenvalue weighted by atomic mass is 35.5. The largest absolute Gasteiger partial charge is 0.454 e. The fraction of sp³-hybridized carbons (Fsp3) is 0.462. The molecule has 186 valence electrons. The van der Waals surface area contributed by atoms with Gasteiger partial charge in [0.15, 0.2) is 11.5 Å². The quantitative estimate of drug-likeness (QED) is 0.383. The number of aromatic nitrogens is 2. The first kappa shape index (κ1) is 24.0. The number of nitrogens with zero attached hydrogens (tertiary/aromatic N) is 2. The molecule has 0 spiro atoms. The monoisotopic (exact) mass is 506 g/mol. The lowest BCUT2D eigenvalue weighted by Crippen LogP contribution is -2.52. The van der Waals surface area contributed by atoms with E-state index in [1.165, 1.54) is 23.2 Å². The predicted octanol–water partition coefficient (Wildman–Crippen LogP) is 6.50. The van der Waals surface area contributed by atoms with Crippen LogP contribution < -0.4 is 14.9 Å². The van der Waals surface area contributed by atoms with Gasteiger partial charge in [0.2, 0.25) is 12.2 Å². The molecule has 0 N–H and O–H groups in total. The normalized spacial score (nSPS) is 17.9. The topological polar surface area (TPSA) is 53.4 Å². The van der Waals surface area contributed by atoms with E-state index in [0.717, 1.165) is 6.42 Å². The number of rotatable bonds is 6. The molecule has 5 rings (SSSR count).